The van der Waals surface area contributed by atoms with Crippen LogP contribution in [0, 0.1) is 11.3 Å². The number of allylic oxidation sites excluding steroid dienone is 4. The highest BCUT2D eigenvalue weighted by Gasteiger charge is 2.25. The Morgan fingerprint density at radius 3 is 2.86 bits per heavy atom. The number of nitrogens with zero attached hydrogens (tertiary/aromatic N) is 4. The molecule has 0 aromatic carbocycles. The molecule has 1 aliphatic heterocycles. The van der Waals surface area contributed by atoms with Gasteiger partial charge in [-0.15, -0.1) is 0 Å². The first-order valence-electron chi connectivity index (χ1n) is 6.85. The van der Waals surface area contributed by atoms with Crippen LogP contribution in [-0.4, -0.2) is 27.5 Å². The fraction of sp³-hybridized carbons (Fsp3) is 0.333. The minimum Gasteiger partial charge on any atom is -0.383 e. The summed E-state index contributed by atoms with van der Waals surface area (Å²) in [7, 11) is 2.72. The highest BCUT2D eigenvalue weighted by Crippen LogP contribution is 2.30. The van der Waals surface area contributed by atoms with Crippen LogP contribution < -0.4 is 5.73 Å². The summed E-state index contributed by atoms with van der Waals surface area (Å²) in [5, 5.41) is 14.0. The summed E-state index contributed by atoms with van der Waals surface area (Å²) in [6, 6.07) is 2.34. The van der Waals surface area contributed by atoms with Gasteiger partial charge >= 0.3 is 0 Å². The molecule has 2 heterocycles. The molecule has 5 nitrogen and oxygen atoms in total. The Morgan fingerprint density at radius 1 is 1.52 bits per heavy atom. The Morgan fingerprint density at radius 2 is 2.29 bits per heavy atom. The largest absolute Gasteiger partial charge is 0.383 e. The lowest BCUT2D eigenvalue weighted by atomic mass is 10.1. The van der Waals surface area contributed by atoms with Crippen molar-refractivity contribution in [2.75, 3.05) is 18.8 Å². The summed E-state index contributed by atoms with van der Waals surface area (Å²) < 4.78 is 3.96. The van der Waals surface area contributed by atoms with Gasteiger partial charge in [-0.3, -0.25) is 4.67 Å². The molecule has 1 aromatic heterocycles. The molecule has 1 aliphatic rings. The molecular formula is C15H20N5P. The Balaban J connectivity index is 2.47. The lowest BCUT2D eigenvalue weighted by Crippen LogP contribution is -2.31. The fourth-order valence-electron chi connectivity index (χ4n) is 2.59. The number of nitrogens with two attached hydrogens (primary N) is 1. The Kier molecular flexibility index (Phi) is 4.95. The number of rotatable bonds is 4. The van der Waals surface area contributed by atoms with E-state index in [0.29, 0.717) is 17.1 Å². The fourth-order valence-corrected chi connectivity index (χ4v) is 3.02. The molecule has 2 unspecified atom stereocenters. The molecular weight excluding hydrogens is 281 g/mol. The van der Waals surface area contributed by atoms with Crippen molar-refractivity contribution in [3.63, 3.8) is 0 Å². The monoisotopic (exact) mass is 301 g/mol. The number of nitrogen functional groups attached to an aromatic ring is 1. The van der Waals surface area contributed by atoms with E-state index in [1.54, 1.807) is 22.9 Å². The lowest BCUT2D eigenvalue weighted by molar-refractivity contribution is 0.271. The van der Waals surface area contributed by atoms with E-state index in [1.165, 1.54) is 0 Å². The molecule has 110 valence electrons. The van der Waals surface area contributed by atoms with Gasteiger partial charge in [0, 0.05) is 18.7 Å². The molecule has 0 radical (unpaired) electrons. The minimum absolute atomic E-state index is 0.187. The summed E-state index contributed by atoms with van der Waals surface area (Å²) in [5.41, 5.74) is 7.88. The van der Waals surface area contributed by atoms with E-state index in [1.807, 2.05) is 0 Å². The molecule has 0 bridgehead atoms. The number of hydrogen-bond donors (Lipinski definition) is 1. The van der Waals surface area contributed by atoms with Crippen molar-refractivity contribution in [2.24, 2.45) is 0 Å². The van der Waals surface area contributed by atoms with Crippen LogP contribution in [0.3, 0.4) is 0 Å². The molecule has 21 heavy (non-hydrogen) atoms. The minimum atomic E-state index is 0.187. The van der Waals surface area contributed by atoms with Crippen LogP contribution in [0.5, 0.6) is 0 Å². The first-order valence-corrected chi connectivity index (χ1v) is 7.37. The summed E-state index contributed by atoms with van der Waals surface area (Å²) in [6.07, 6.45) is 7.19. The SMILES string of the molecule is C=C/C=C(\C=C)c1nn(C2CCCN(P)C2)c(N)c1C#N. The smallest absolute Gasteiger partial charge is 0.140 e. The van der Waals surface area contributed by atoms with Gasteiger partial charge in [-0.2, -0.15) is 10.4 Å². The van der Waals surface area contributed by atoms with Crippen LogP contribution in [-0.2, 0) is 0 Å². The Hall–Kier alpha value is -1.89. The summed E-state index contributed by atoms with van der Waals surface area (Å²) in [6.45, 7) is 9.35. The van der Waals surface area contributed by atoms with E-state index < -0.39 is 0 Å². The highest BCUT2D eigenvalue weighted by atomic mass is 31.0. The molecule has 2 rings (SSSR count). The van der Waals surface area contributed by atoms with Crippen molar-refractivity contribution in [1.82, 2.24) is 14.5 Å². The molecule has 1 aromatic rings. The van der Waals surface area contributed by atoms with Gasteiger partial charge in [-0.05, 0) is 12.8 Å². The van der Waals surface area contributed by atoms with Gasteiger partial charge in [0.25, 0.3) is 0 Å². The average Bonchev–Trinajstić information content (AvgIpc) is 2.81. The summed E-state index contributed by atoms with van der Waals surface area (Å²) in [4.78, 5) is 0. The van der Waals surface area contributed by atoms with Crippen molar-refractivity contribution in [1.29, 1.82) is 5.26 Å². The molecule has 0 spiro atoms. The molecule has 0 amide bonds. The van der Waals surface area contributed by atoms with Gasteiger partial charge in [-0.1, -0.05) is 40.8 Å². The predicted molar refractivity (Wildman–Crippen MR) is 89.3 cm³/mol. The van der Waals surface area contributed by atoms with Crippen molar-refractivity contribution >= 4 is 20.8 Å². The Labute approximate surface area is 127 Å². The van der Waals surface area contributed by atoms with E-state index in [4.69, 9.17) is 5.73 Å². The third-order valence-electron chi connectivity index (χ3n) is 3.62. The van der Waals surface area contributed by atoms with Crippen molar-refractivity contribution < 1.29 is 0 Å². The van der Waals surface area contributed by atoms with Crippen LogP contribution in [0.4, 0.5) is 5.82 Å². The molecule has 1 saturated heterocycles. The molecule has 6 heteroatoms. The lowest BCUT2D eigenvalue weighted by Gasteiger charge is -2.29. The molecule has 0 saturated carbocycles. The van der Waals surface area contributed by atoms with E-state index in [-0.39, 0.29) is 6.04 Å². The average molecular weight is 301 g/mol. The normalized spacial score (nSPS) is 20.0. The van der Waals surface area contributed by atoms with Crippen molar-refractivity contribution in [3.05, 3.63) is 42.6 Å². The maximum Gasteiger partial charge on any atom is 0.140 e. The van der Waals surface area contributed by atoms with Gasteiger partial charge in [0.15, 0.2) is 0 Å². The number of nitriles is 1. The van der Waals surface area contributed by atoms with E-state index in [2.05, 4.69) is 38.4 Å². The van der Waals surface area contributed by atoms with Crippen LogP contribution in [0.1, 0.15) is 30.1 Å². The number of anilines is 1. The molecule has 1 fully saturated rings. The predicted octanol–water partition coefficient (Wildman–Crippen LogP) is 2.52. The van der Waals surface area contributed by atoms with Gasteiger partial charge < -0.3 is 5.73 Å². The van der Waals surface area contributed by atoms with Gasteiger partial charge in [0.2, 0.25) is 0 Å². The quantitative estimate of drug-likeness (QED) is 0.685. The topological polar surface area (TPSA) is 70.9 Å². The van der Waals surface area contributed by atoms with Gasteiger partial charge in [-0.25, -0.2) is 4.68 Å². The first kappa shape index (κ1) is 15.5. The number of piperidine rings is 1. The van der Waals surface area contributed by atoms with E-state index in [9.17, 15) is 5.26 Å². The second-order valence-corrected chi connectivity index (χ2v) is 5.75. The van der Waals surface area contributed by atoms with Crippen LogP contribution >= 0.6 is 9.39 Å². The standard InChI is InChI=1S/C15H20N5P/c1-3-6-11(4-2)14-13(9-16)15(17)20(18-14)12-7-5-8-19(21)10-12/h3-4,6,12H,1-2,5,7-8,10,17,21H2/b11-6+. The van der Waals surface area contributed by atoms with Crippen LogP contribution in [0.15, 0.2) is 31.4 Å². The molecule has 2 atom stereocenters. The van der Waals surface area contributed by atoms with Crippen molar-refractivity contribution in [3.8, 4) is 6.07 Å². The highest BCUT2D eigenvalue weighted by molar-refractivity contribution is 7.13. The maximum atomic E-state index is 9.39. The Bertz CT molecular complexity index is 623. The second kappa shape index (κ2) is 6.71. The van der Waals surface area contributed by atoms with Gasteiger partial charge in [0.05, 0.1) is 6.04 Å². The van der Waals surface area contributed by atoms with E-state index in [0.717, 1.165) is 31.5 Å². The zero-order chi connectivity index (χ0) is 15.4. The van der Waals surface area contributed by atoms with Gasteiger partial charge in [0.1, 0.15) is 23.1 Å². The zero-order valence-electron chi connectivity index (χ0n) is 12.0. The molecule has 0 aliphatic carbocycles. The van der Waals surface area contributed by atoms with Crippen LogP contribution in [0.25, 0.3) is 5.57 Å². The second-order valence-electron chi connectivity index (χ2n) is 5.02. The van der Waals surface area contributed by atoms with Crippen LogP contribution in [0.2, 0.25) is 0 Å². The number of hydrogen-bond acceptors (Lipinski definition) is 4. The van der Waals surface area contributed by atoms with E-state index >= 15 is 0 Å². The third-order valence-corrected chi connectivity index (χ3v) is 4.09. The summed E-state index contributed by atoms with van der Waals surface area (Å²) in [5.74, 6) is 0.426. The first-order chi connectivity index (χ1) is 10.1. The summed E-state index contributed by atoms with van der Waals surface area (Å²) >= 11 is 0. The van der Waals surface area contributed by atoms with Crippen molar-refractivity contribution in [2.45, 2.75) is 18.9 Å². The molecule has 2 N–H and O–H groups in total. The third kappa shape index (κ3) is 3.07. The zero-order valence-corrected chi connectivity index (χ0v) is 13.2. The maximum absolute atomic E-state index is 9.39. The number of aromatic nitrogens is 2.